The SMILES string of the molecule is CC(C)(CC(=O)[O-])C(=O)[O-].[Ag+2]. The van der Waals surface area contributed by atoms with Crippen molar-refractivity contribution in [3.05, 3.63) is 0 Å². The van der Waals surface area contributed by atoms with Crippen molar-refractivity contribution >= 4 is 11.9 Å². The average Bonchev–Trinajstić information content (AvgIpc) is 1.60. The molecule has 0 aliphatic heterocycles. The first-order valence-electron chi connectivity index (χ1n) is 2.77. The van der Waals surface area contributed by atoms with Gasteiger partial charge in [0, 0.05) is 17.4 Å². The van der Waals surface area contributed by atoms with E-state index in [4.69, 9.17) is 0 Å². The number of hydrogen-bond donors (Lipinski definition) is 0. The molecule has 0 aromatic heterocycles. The van der Waals surface area contributed by atoms with Gasteiger partial charge in [-0.25, -0.2) is 0 Å². The van der Waals surface area contributed by atoms with Crippen molar-refractivity contribution in [2.24, 2.45) is 5.41 Å². The van der Waals surface area contributed by atoms with Gasteiger partial charge in [-0.05, 0) is 6.42 Å². The van der Waals surface area contributed by atoms with Gasteiger partial charge < -0.3 is 19.8 Å². The Morgan fingerprint density at radius 2 is 1.64 bits per heavy atom. The minimum atomic E-state index is -1.38. The third-order valence-electron chi connectivity index (χ3n) is 1.14. The zero-order valence-corrected chi connectivity index (χ0v) is 7.62. The van der Waals surface area contributed by atoms with E-state index in [2.05, 4.69) is 0 Å². The molecule has 1 radical (unpaired) electrons. The molecule has 4 nitrogen and oxygen atoms in total. The molecule has 0 N–H and O–H groups in total. The van der Waals surface area contributed by atoms with E-state index in [1.807, 2.05) is 0 Å². The number of hydrogen-bond acceptors (Lipinski definition) is 4. The maximum Gasteiger partial charge on any atom is 2.00 e. The molecule has 0 bridgehead atoms. The predicted molar refractivity (Wildman–Crippen MR) is 28.4 cm³/mol. The zero-order valence-electron chi connectivity index (χ0n) is 6.14. The Hall–Kier alpha value is -0.320. The van der Waals surface area contributed by atoms with Gasteiger partial charge in [-0.15, -0.1) is 0 Å². The van der Waals surface area contributed by atoms with Crippen LogP contribution in [0.1, 0.15) is 20.3 Å². The normalized spacial score (nSPS) is 10.0. The van der Waals surface area contributed by atoms with Crippen molar-refractivity contribution in [2.75, 3.05) is 0 Å². The molecule has 0 rings (SSSR count). The summed E-state index contributed by atoms with van der Waals surface area (Å²) in [4.78, 5) is 20.1. The van der Waals surface area contributed by atoms with E-state index in [1.165, 1.54) is 13.8 Å². The average molecular weight is 252 g/mol. The van der Waals surface area contributed by atoms with Crippen LogP contribution in [0.5, 0.6) is 0 Å². The number of carboxylic acids is 2. The van der Waals surface area contributed by atoms with Crippen molar-refractivity contribution in [3.8, 4) is 0 Å². The molecule has 67 valence electrons. The van der Waals surface area contributed by atoms with Crippen molar-refractivity contribution in [1.82, 2.24) is 0 Å². The Morgan fingerprint density at radius 1 is 1.27 bits per heavy atom. The number of carbonyl (C=O) groups is 2. The van der Waals surface area contributed by atoms with E-state index in [9.17, 15) is 19.8 Å². The van der Waals surface area contributed by atoms with Crippen LogP contribution in [0.4, 0.5) is 0 Å². The molecule has 0 saturated heterocycles. The van der Waals surface area contributed by atoms with Crippen LogP contribution in [-0.2, 0) is 32.0 Å². The van der Waals surface area contributed by atoms with Crippen LogP contribution >= 0.6 is 0 Å². The molecule has 0 saturated carbocycles. The van der Waals surface area contributed by atoms with E-state index in [0.717, 1.165) is 0 Å². The first kappa shape index (κ1) is 13.3. The van der Waals surface area contributed by atoms with E-state index in [1.54, 1.807) is 0 Å². The summed E-state index contributed by atoms with van der Waals surface area (Å²) < 4.78 is 0. The number of carbonyl (C=O) groups excluding carboxylic acids is 2. The maximum absolute atomic E-state index is 10.2. The summed E-state index contributed by atoms with van der Waals surface area (Å²) in [6.45, 7) is 2.55. The van der Waals surface area contributed by atoms with Gasteiger partial charge >= 0.3 is 22.4 Å². The van der Waals surface area contributed by atoms with E-state index in [-0.39, 0.29) is 22.4 Å². The van der Waals surface area contributed by atoms with Crippen LogP contribution < -0.4 is 10.2 Å². The monoisotopic (exact) mass is 251 g/mol. The van der Waals surface area contributed by atoms with Gasteiger partial charge in [0.05, 0.1) is 0 Å². The fraction of sp³-hybridized carbons (Fsp3) is 0.667. The van der Waals surface area contributed by atoms with Gasteiger partial charge in [0.1, 0.15) is 0 Å². The molecular weight excluding hydrogens is 244 g/mol. The van der Waals surface area contributed by atoms with Crippen LogP contribution in [0.15, 0.2) is 0 Å². The molecule has 0 aliphatic rings. The molecule has 0 aliphatic carbocycles. The van der Waals surface area contributed by atoms with Crippen molar-refractivity contribution in [2.45, 2.75) is 20.3 Å². The first-order chi connectivity index (χ1) is 4.36. The van der Waals surface area contributed by atoms with Crippen molar-refractivity contribution in [3.63, 3.8) is 0 Å². The van der Waals surface area contributed by atoms with Crippen LogP contribution in [-0.4, -0.2) is 11.9 Å². The Morgan fingerprint density at radius 3 is 1.73 bits per heavy atom. The minimum Gasteiger partial charge on any atom is -0.550 e. The van der Waals surface area contributed by atoms with Crippen LogP contribution in [0.25, 0.3) is 0 Å². The maximum atomic E-state index is 10.2. The fourth-order valence-corrected chi connectivity index (χ4v) is 0.433. The number of rotatable bonds is 3. The molecule has 0 unspecified atom stereocenters. The molecule has 0 aromatic carbocycles. The van der Waals surface area contributed by atoms with Crippen molar-refractivity contribution < 1.29 is 42.2 Å². The summed E-state index contributed by atoms with van der Waals surface area (Å²) in [5.41, 5.74) is -1.33. The molecule has 0 spiro atoms. The summed E-state index contributed by atoms with van der Waals surface area (Å²) in [5, 5.41) is 20.1. The minimum absolute atomic E-state index is 0. The molecular formula is C6H8AgO4. The topological polar surface area (TPSA) is 80.3 Å². The Bertz CT molecular complexity index is 164. The molecule has 0 amide bonds. The summed E-state index contributed by atoms with van der Waals surface area (Å²) in [7, 11) is 0. The summed E-state index contributed by atoms with van der Waals surface area (Å²) >= 11 is 0. The van der Waals surface area contributed by atoms with Crippen molar-refractivity contribution in [1.29, 1.82) is 0 Å². The van der Waals surface area contributed by atoms with Gasteiger partial charge in [0.25, 0.3) is 0 Å². The summed E-state index contributed by atoms with van der Waals surface area (Å²) in [6, 6.07) is 0. The van der Waals surface area contributed by atoms with Crippen LogP contribution in [0, 0.1) is 5.41 Å². The third kappa shape index (κ3) is 5.01. The van der Waals surface area contributed by atoms with E-state index in [0.29, 0.717) is 0 Å². The van der Waals surface area contributed by atoms with Gasteiger partial charge in [0.15, 0.2) is 0 Å². The molecule has 11 heavy (non-hydrogen) atoms. The summed E-state index contributed by atoms with van der Waals surface area (Å²) in [6.07, 6.45) is -0.519. The fourth-order valence-electron chi connectivity index (χ4n) is 0.433. The Kier molecular flexibility index (Phi) is 5.48. The van der Waals surface area contributed by atoms with Gasteiger partial charge in [-0.2, -0.15) is 0 Å². The Balaban J connectivity index is 0. The van der Waals surface area contributed by atoms with Gasteiger partial charge in [-0.1, -0.05) is 13.8 Å². The summed E-state index contributed by atoms with van der Waals surface area (Å²) in [5.74, 6) is -2.76. The standard InChI is InChI=1S/C6H10O4.Ag/c1-6(2,5(9)10)3-4(7)8;/h3H2,1-2H3,(H,7,8)(H,9,10);/q;+2/p-2. The van der Waals surface area contributed by atoms with Gasteiger partial charge in [-0.3, -0.25) is 0 Å². The smallest absolute Gasteiger partial charge is 0.550 e. The van der Waals surface area contributed by atoms with Gasteiger partial charge in [0.2, 0.25) is 0 Å². The first-order valence-corrected chi connectivity index (χ1v) is 2.77. The second-order valence-electron chi connectivity index (χ2n) is 2.72. The third-order valence-corrected chi connectivity index (χ3v) is 1.14. The number of aliphatic carboxylic acids is 2. The largest absolute Gasteiger partial charge is 2.00 e. The molecule has 5 heteroatoms. The second-order valence-corrected chi connectivity index (χ2v) is 2.72. The quantitative estimate of drug-likeness (QED) is 0.539. The van der Waals surface area contributed by atoms with E-state index >= 15 is 0 Å². The molecule has 0 aromatic rings. The molecule has 0 atom stereocenters. The second kappa shape index (κ2) is 4.54. The van der Waals surface area contributed by atoms with Crippen LogP contribution in [0.2, 0.25) is 0 Å². The predicted octanol–water partition coefficient (Wildman–Crippen LogP) is -2.10. The zero-order chi connectivity index (χ0) is 8.36. The molecule has 0 fully saturated rings. The van der Waals surface area contributed by atoms with E-state index < -0.39 is 23.8 Å². The molecule has 0 heterocycles. The van der Waals surface area contributed by atoms with Crippen LogP contribution in [0.3, 0.4) is 0 Å². The number of carboxylic acid groups (broad SMARTS) is 2. The Labute approximate surface area is 80.1 Å².